The lowest BCUT2D eigenvalue weighted by atomic mass is 10.3. The number of hydrogen-bond acceptors (Lipinski definition) is 3. The van der Waals surface area contributed by atoms with Crippen molar-refractivity contribution in [2.75, 3.05) is 12.8 Å². The maximum absolute atomic E-state index is 6.11. The van der Waals surface area contributed by atoms with Gasteiger partial charge in [-0.05, 0) is 24.3 Å². The van der Waals surface area contributed by atoms with E-state index in [1.54, 1.807) is 7.11 Å². The second-order valence-corrected chi connectivity index (χ2v) is 4.90. The van der Waals surface area contributed by atoms with Gasteiger partial charge in [0.1, 0.15) is 5.75 Å². The average Bonchev–Trinajstić information content (AvgIpc) is 2.34. The quantitative estimate of drug-likeness (QED) is 0.850. The zero-order valence-corrected chi connectivity index (χ0v) is 10.9. The van der Waals surface area contributed by atoms with Crippen molar-refractivity contribution in [1.29, 1.82) is 0 Å². The van der Waals surface area contributed by atoms with Crippen LogP contribution in [0.2, 0.25) is 5.02 Å². The number of nitrogen functional groups attached to an aromatic ring is 1. The minimum atomic E-state index is 0.639. The first-order chi connectivity index (χ1) is 8.22. The Morgan fingerprint density at radius 1 is 1.06 bits per heavy atom. The molecule has 2 N–H and O–H groups in total. The van der Waals surface area contributed by atoms with Crippen LogP contribution in [0.15, 0.2) is 52.3 Å². The van der Waals surface area contributed by atoms with E-state index in [1.807, 2.05) is 42.5 Å². The summed E-state index contributed by atoms with van der Waals surface area (Å²) in [7, 11) is 1.61. The Hall–Kier alpha value is -1.32. The number of ether oxygens (including phenoxy) is 1. The number of anilines is 1. The van der Waals surface area contributed by atoms with Crippen LogP contribution >= 0.6 is 23.4 Å². The van der Waals surface area contributed by atoms with Crippen molar-refractivity contribution in [3.8, 4) is 5.75 Å². The monoisotopic (exact) mass is 265 g/mol. The highest BCUT2D eigenvalue weighted by Gasteiger charge is 2.08. The molecule has 2 rings (SSSR count). The van der Waals surface area contributed by atoms with E-state index in [4.69, 9.17) is 22.1 Å². The molecular weight excluding hydrogens is 254 g/mol. The predicted molar refractivity (Wildman–Crippen MR) is 73.0 cm³/mol. The largest absolute Gasteiger partial charge is 0.495 e. The molecule has 0 unspecified atom stereocenters. The highest BCUT2D eigenvalue weighted by Crippen LogP contribution is 2.39. The van der Waals surface area contributed by atoms with E-state index in [9.17, 15) is 0 Å². The molecule has 0 aliphatic rings. The SMILES string of the molecule is COc1cccc(Sc2ccccc2Cl)c1N. The summed E-state index contributed by atoms with van der Waals surface area (Å²) in [5, 5.41) is 0.722. The first kappa shape index (κ1) is 12.1. The Morgan fingerprint density at radius 2 is 1.76 bits per heavy atom. The van der Waals surface area contributed by atoms with Crippen molar-refractivity contribution < 1.29 is 4.74 Å². The lowest BCUT2D eigenvalue weighted by Gasteiger charge is -2.10. The predicted octanol–water partition coefficient (Wildman–Crippen LogP) is 4.08. The Morgan fingerprint density at radius 3 is 2.47 bits per heavy atom. The summed E-state index contributed by atoms with van der Waals surface area (Å²) in [6.45, 7) is 0. The van der Waals surface area contributed by atoms with Gasteiger partial charge in [-0.2, -0.15) is 0 Å². The number of nitrogens with two attached hydrogens (primary N) is 1. The van der Waals surface area contributed by atoms with Crippen LogP contribution in [-0.4, -0.2) is 7.11 Å². The smallest absolute Gasteiger partial charge is 0.142 e. The van der Waals surface area contributed by atoms with Crippen LogP contribution < -0.4 is 10.5 Å². The molecular formula is C13H12ClNOS. The highest BCUT2D eigenvalue weighted by molar-refractivity contribution is 7.99. The summed E-state index contributed by atoms with van der Waals surface area (Å²) in [6.07, 6.45) is 0. The first-order valence-electron chi connectivity index (χ1n) is 5.07. The minimum absolute atomic E-state index is 0.639. The first-order valence-corrected chi connectivity index (χ1v) is 6.26. The third-order valence-electron chi connectivity index (χ3n) is 2.30. The number of halogens is 1. The molecule has 2 nitrogen and oxygen atoms in total. The lowest BCUT2D eigenvalue weighted by Crippen LogP contribution is -1.94. The molecule has 0 amide bonds. The summed E-state index contributed by atoms with van der Waals surface area (Å²) in [5.41, 5.74) is 6.64. The van der Waals surface area contributed by atoms with E-state index < -0.39 is 0 Å². The summed E-state index contributed by atoms with van der Waals surface area (Å²) < 4.78 is 5.18. The molecule has 4 heteroatoms. The molecule has 0 radical (unpaired) electrons. The Kier molecular flexibility index (Phi) is 3.82. The third kappa shape index (κ3) is 2.68. The van der Waals surface area contributed by atoms with Crippen LogP contribution in [0.25, 0.3) is 0 Å². The zero-order chi connectivity index (χ0) is 12.3. The Balaban J connectivity index is 2.34. The molecule has 0 fully saturated rings. The van der Waals surface area contributed by atoms with Gasteiger partial charge in [0, 0.05) is 9.79 Å². The van der Waals surface area contributed by atoms with Gasteiger partial charge in [-0.25, -0.2) is 0 Å². The number of rotatable bonds is 3. The van der Waals surface area contributed by atoms with Crippen LogP contribution in [0, 0.1) is 0 Å². The summed E-state index contributed by atoms with van der Waals surface area (Å²) in [6, 6.07) is 13.4. The van der Waals surface area contributed by atoms with Crippen LogP contribution in [0.1, 0.15) is 0 Å². The topological polar surface area (TPSA) is 35.2 Å². The Bertz CT molecular complexity index is 531. The maximum Gasteiger partial charge on any atom is 0.142 e. The van der Waals surface area contributed by atoms with Gasteiger partial charge in [0.25, 0.3) is 0 Å². The normalized spacial score (nSPS) is 10.2. The summed E-state index contributed by atoms with van der Waals surface area (Å²) in [4.78, 5) is 1.92. The van der Waals surface area contributed by atoms with Gasteiger partial charge >= 0.3 is 0 Å². The molecule has 0 atom stereocenters. The fraction of sp³-hybridized carbons (Fsp3) is 0.0769. The van der Waals surface area contributed by atoms with Crippen molar-refractivity contribution in [2.45, 2.75) is 9.79 Å². The second-order valence-electron chi connectivity index (χ2n) is 3.40. The molecule has 0 aliphatic carbocycles. The lowest BCUT2D eigenvalue weighted by molar-refractivity contribution is 0.416. The van der Waals surface area contributed by atoms with Gasteiger partial charge in [-0.15, -0.1) is 0 Å². The van der Waals surface area contributed by atoms with Crippen LogP contribution in [0.4, 0.5) is 5.69 Å². The molecule has 0 aliphatic heterocycles. The fourth-order valence-corrected chi connectivity index (χ4v) is 2.59. The summed E-state index contributed by atoms with van der Waals surface area (Å²) in [5.74, 6) is 0.682. The van der Waals surface area contributed by atoms with E-state index in [0.29, 0.717) is 11.4 Å². The maximum atomic E-state index is 6.11. The van der Waals surface area contributed by atoms with Crippen molar-refractivity contribution in [3.63, 3.8) is 0 Å². The van der Waals surface area contributed by atoms with Crippen molar-refractivity contribution in [1.82, 2.24) is 0 Å². The van der Waals surface area contributed by atoms with Gasteiger partial charge in [0.15, 0.2) is 0 Å². The number of para-hydroxylation sites is 1. The molecule has 0 bridgehead atoms. The van der Waals surface area contributed by atoms with Gasteiger partial charge in [-0.1, -0.05) is 41.6 Å². The van der Waals surface area contributed by atoms with Gasteiger partial charge in [-0.3, -0.25) is 0 Å². The van der Waals surface area contributed by atoms with E-state index in [1.165, 1.54) is 11.8 Å². The molecule has 0 heterocycles. The number of methoxy groups -OCH3 is 1. The molecule has 0 saturated heterocycles. The minimum Gasteiger partial charge on any atom is -0.495 e. The van der Waals surface area contributed by atoms with E-state index in [0.717, 1.165) is 14.8 Å². The van der Waals surface area contributed by atoms with E-state index >= 15 is 0 Å². The van der Waals surface area contributed by atoms with Crippen LogP contribution in [-0.2, 0) is 0 Å². The molecule has 0 saturated carbocycles. The second kappa shape index (κ2) is 5.34. The Labute approximate surface area is 110 Å². The fourth-order valence-electron chi connectivity index (χ4n) is 1.44. The van der Waals surface area contributed by atoms with E-state index in [2.05, 4.69) is 0 Å². The average molecular weight is 266 g/mol. The molecule has 17 heavy (non-hydrogen) atoms. The zero-order valence-electron chi connectivity index (χ0n) is 9.31. The standard InChI is InChI=1S/C13H12ClNOS/c1-16-10-6-4-8-12(13(10)15)17-11-7-3-2-5-9(11)14/h2-8H,15H2,1H3. The third-order valence-corrected chi connectivity index (χ3v) is 3.90. The molecule has 2 aromatic carbocycles. The van der Waals surface area contributed by atoms with Gasteiger partial charge in [0.05, 0.1) is 17.8 Å². The number of hydrogen-bond donors (Lipinski definition) is 1. The molecule has 0 spiro atoms. The van der Waals surface area contributed by atoms with E-state index in [-0.39, 0.29) is 0 Å². The molecule has 2 aromatic rings. The van der Waals surface area contributed by atoms with Crippen LogP contribution in [0.5, 0.6) is 5.75 Å². The van der Waals surface area contributed by atoms with Crippen molar-refractivity contribution in [3.05, 3.63) is 47.5 Å². The van der Waals surface area contributed by atoms with Crippen LogP contribution in [0.3, 0.4) is 0 Å². The highest BCUT2D eigenvalue weighted by atomic mass is 35.5. The number of benzene rings is 2. The molecule has 88 valence electrons. The van der Waals surface area contributed by atoms with Gasteiger partial charge < -0.3 is 10.5 Å². The van der Waals surface area contributed by atoms with Gasteiger partial charge in [0.2, 0.25) is 0 Å². The summed E-state index contributed by atoms with van der Waals surface area (Å²) >= 11 is 7.64. The van der Waals surface area contributed by atoms with Crippen molar-refractivity contribution >= 4 is 29.1 Å². The van der Waals surface area contributed by atoms with Crippen molar-refractivity contribution in [2.24, 2.45) is 0 Å². The molecule has 0 aromatic heterocycles.